The molecule has 1 atom stereocenters. The van der Waals surface area contributed by atoms with E-state index < -0.39 is 22.0 Å². The van der Waals surface area contributed by atoms with E-state index in [1.807, 2.05) is 54.6 Å². The Hall–Kier alpha value is -5.64. The van der Waals surface area contributed by atoms with Gasteiger partial charge in [0.2, 0.25) is 10.0 Å². The highest BCUT2D eigenvalue weighted by molar-refractivity contribution is 7.89. The molecule has 1 heterocycles. The summed E-state index contributed by atoms with van der Waals surface area (Å²) in [5, 5.41) is 9.28. The normalized spacial score (nSPS) is 14.0. The van der Waals surface area contributed by atoms with Gasteiger partial charge in [-0.05, 0) is 78.6 Å². The lowest BCUT2D eigenvalue weighted by Crippen LogP contribution is -2.42. The number of esters is 1. The maximum Gasteiger partial charge on any atom is 0.410 e. The van der Waals surface area contributed by atoms with Crippen molar-refractivity contribution in [2.24, 2.45) is 0 Å². The van der Waals surface area contributed by atoms with E-state index >= 15 is 0 Å². The molecule has 0 saturated carbocycles. The van der Waals surface area contributed by atoms with Crippen molar-refractivity contribution >= 4 is 28.2 Å². The molecule has 11 nitrogen and oxygen atoms in total. The van der Waals surface area contributed by atoms with Gasteiger partial charge in [-0.3, -0.25) is 0 Å². The van der Waals surface area contributed by atoms with Crippen LogP contribution in [0.3, 0.4) is 0 Å². The summed E-state index contributed by atoms with van der Waals surface area (Å²) in [4.78, 5) is 25.9. The summed E-state index contributed by atoms with van der Waals surface area (Å²) in [6.07, 6.45) is 4.08. The summed E-state index contributed by atoms with van der Waals surface area (Å²) in [5.41, 5.74) is 2.85. The van der Waals surface area contributed by atoms with Crippen LogP contribution in [0.1, 0.15) is 42.0 Å². The summed E-state index contributed by atoms with van der Waals surface area (Å²) >= 11 is 0. The molecule has 1 saturated heterocycles. The Morgan fingerprint density at radius 1 is 0.904 bits per heavy atom. The van der Waals surface area contributed by atoms with Crippen molar-refractivity contribution in [2.75, 3.05) is 26.3 Å². The first-order chi connectivity index (χ1) is 25.2. The molecule has 1 amide bonds. The number of sulfonamides is 1. The predicted octanol–water partition coefficient (Wildman–Crippen LogP) is 6.28. The lowest BCUT2D eigenvalue weighted by molar-refractivity contribution is -0.137. The van der Waals surface area contributed by atoms with Crippen molar-refractivity contribution in [2.45, 2.75) is 49.8 Å². The van der Waals surface area contributed by atoms with Gasteiger partial charge in [0, 0.05) is 32.0 Å². The summed E-state index contributed by atoms with van der Waals surface area (Å²) in [6.45, 7) is 3.27. The number of nitrogens with one attached hydrogen (secondary N) is 1. The molecule has 52 heavy (non-hydrogen) atoms. The van der Waals surface area contributed by atoms with E-state index in [9.17, 15) is 23.3 Å². The van der Waals surface area contributed by atoms with Gasteiger partial charge in [-0.15, -0.1) is 0 Å². The van der Waals surface area contributed by atoms with Crippen LogP contribution in [0.2, 0.25) is 0 Å². The van der Waals surface area contributed by atoms with Gasteiger partial charge in [0.25, 0.3) is 0 Å². The van der Waals surface area contributed by atoms with Crippen LogP contribution >= 0.6 is 0 Å². The Balaban J connectivity index is 1.18. The zero-order chi connectivity index (χ0) is 36.8. The Labute approximate surface area is 304 Å². The van der Waals surface area contributed by atoms with Crippen LogP contribution in [0.25, 0.3) is 6.08 Å². The smallest absolute Gasteiger partial charge is 0.410 e. The van der Waals surface area contributed by atoms with Crippen LogP contribution in [-0.4, -0.2) is 63.8 Å². The molecule has 270 valence electrons. The molecule has 4 aromatic carbocycles. The van der Waals surface area contributed by atoms with Crippen molar-refractivity contribution in [3.8, 4) is 17.6 Å². The highest BCUT2D eigenvalue weighted by atomic mass is 32.2. The van der Waals surface area contributed by atoms with Crippen molar-refractivity contribution in [1.29, 1.82) is 5.26 Å². The van der Waals surface area contributed by atoms with Gasteiger partial charge in [0.1, 0.15) is 30.8 Å². The monoisotopic (exact) mass is 723 g/mol. The van der Waals surface area contributed by atoms with Crippen LogP contribution < -0.4 is 14.2 Å². The van der Waals surface area contributed by atoms with Crippen LogP contribution in [-0.2, 0) is 37.3 Å². The zero-order valence-electron chi connectivity index (χ0n) is 28.8. The van der Waals surface area contributed by atoms with Crippen LogP contribution in [0.5, 0.6) is 11.5 Å². The minimum absolute atomic E-state index is 0.000911. The minimum atomic E-state index is -3.97. The fraction of sp³-hybridized carbons (Fsp3) is 0.275. The molecule has 0 radical (unpaired) electrons. The van der Waals surface area contributed by atoms with E-state index in [1.54, 1.807) is 54.3 Å². The van der Waals surface area contributed by atoms with Gasteiger partial charge < -0.3 is 23.8 Å². The predicted molar refractivity (Wildman–Crippen MR) is 195 cm³/mol. The number of nitrogens with zero attached hydrogens (tertiary/aromatic N) is 2. The Bertz CT molecular complexity index is 1950. The van der Waals surface area contributed by atoms with Crippen LogP contribution in [0, 0.1) is 11.3 Å². The molecule has 1 aliphatic heterocycles. The van der Waals surface area contributed by atoms with Crippen molar-refractivity contribution in [3.05, 3.63) is 131 Å². The summed E-state index contributed by atoms with van der Waals surface area (Å²) in [6, 6.07) is 31.2. The Morgan fingerprint density at radius 3 is 2.33 bits per heavy atom. The number of piperidine rings is 1. The number of hydrogen-bond donors (Lipinski definition) is 1. The highest BCUT2D eigenvalue weighted by Crippen LogP contribution is 2.22. The van der Waals surface area contributed by atoms with E-state index in [-0.39, 0.29) is 36.9 Å². The van der Waals surface area contributed by atoms with Crippen LogP contribution in [0.4, 0.5) is 4.79 Å². The zero-order valence-corrected chi connectivity index (χ0v) is 29.7. The number of hydrogen-bond acceptors (Lipinski definition) is 9. The van der Waals surface area contributed by atoms with Gasteiger partial charge in [-0.1, -0.05) is 60.7 Å². The number of amides is 1. The largest absolute Gasteiger partial charge is 0.492 e. The number of benzene rings is 4. The topological polar surface area (TPSA) is 144 Å². The second-order valence-electron chi connectivity index (χ2n) is 12.1. The summed E-state index contributed by atoms with van der Waals surface area (Å²) in [7, 11) is -3.97. The standard InChI is InChI=1S/C40H41N3O8S/c1-2-48-39(44)20-15-30-13-18-38(19-14-30)52(46,47)42-34(29-49-37-10-6-9-33(26-37)27-41)25-31-11-16-35(17-12-31)51-36-21-23-43(24-22-36)40(45)50-28-32-7-4-3-5-8-32/h3-20,26,34,36,42H,2,21-25,28-29H2,1H3/b20-15+/t34-/m0/s1. The Kier molecular flexibility index (Phi) is 13.4. The SMILES string of the molecule is CCOC(=O)/C=C/c1ccc(S(=O)(=O)N[C@H](COc2cccc(C#N)c2)Cc2ccc(OC3CCN(C(=O)OCc4ccccc4)CC3)cc2)cc1. The second-order valence-corrected chi connectivity index (χ2v) is 13.8. The van der Waals surface area contributed by atoms with Gasteiger partial charge in [-0.25, -0.2) is 22.7 Å². The number of likely N-dealkylation sites (tertiary alicyclic amines) is 1. The van der Waals surface area contributed by atoms with E-state index in [0.717, 1.165) is 11.1 Å². The third-order valence-electron chi connectivity index (χ3n) is 8.24. The van der Waals surface area contributed by atoms with Crippen molar-refractivity contribution in [3.63, 3.8) is 0 Å². The number of nitriles is 1. The van der Waals surface area contributed by atoms with Crippen LogP contribution in [0.15, 0.2) is 114 Å². The third-order valence-corrected chi connectivity index (χ3v) is 9.77. The number of rotatable bonds is 15. The molecule has 0 spiro atoms. The first-order valence-corrected chi connectivity index (χ1v) is 18.5. The number of carbonyl (C=O) groups is 2. The molecule has 1 N–H and O–H groups in total. The molecule has 0 aromatic heterocycles. The molecule has 0 unspecified atom stereocenters. The maximum atomic E-state index is 13.5. The molecule has 0 aliphatic carbocycles. The third kappa shape index (κ3) is 11.4. The minimum Gasteiger partial charge on any atom is -0.492 e. The molecule has 1 aliphatic rings. The molecule has 1 fully saturated rings. The second kappa shape index (κ2) is 18.6. The van der Waals surface area contributed by atoms with Gasteiger partial charge >= 0.3 is 12.1 Å². The molecule has 4 aromatic rings. The van der Waals surface area contributed by atoms with Gasteiger partial charge in [0.05, 0.1) is 29.2 Å². The van der Waals surface area contributed by atoms with E-state index in [1.165, 1.54) is 18.2 Å². The highest BCUT2D eigenvalue weighted by Gasteiger charge is 2.25. The van der Waals surface area contributed by atoms with E-state index in [4.69, 9.17) is 18.9 Å². The van der Waals surface area contributed by atoms with Crippen molar-refractivity contribution in [1.82, 2.24) is 9.62 Å². The quantitative estimate of drug-likeness (QED) is 0.111. The fourth-order valence-corrected chi connectivity index (χ4v) is 6.76. The molecular weight excluding hydrogens is 683 g/mol. The van der Waals surface area contributed by atoms with E-state index in [2.05, 4.69) is 10.8 Å². The lowest BCUT2D eigenvalue weighted by Gasteiger charge is -2.31. The van der Waals surface area contributed by atoms with Gasteiger partial charge in [0.15, 0.2) is 0 Å². The average molecular weight is 724 g/mol. The lowest BCUT2D eigenvalue weighted by atomic mass is 10.1. The first kappa shape index (κ1) is 37.6. The Morgan fingerprint density at radius 2 is 1.63 bits per heavy atom. The van der Waals surface area contributed by atoms with E-state index in [0.29, 0.717) is 55.0 Å². The molecule has 0 bridgehead atoms. The number of carbonyl (C=O) groups excluding carboxylic acids is 2. The van der Waals surface area contributed by atoms with Gasteiger partial charge in [-0.2, -0.15) is 5.26 Å². The molecular formula is C40H41N3O8S. The average Bonchev–Trinajstić information content (AvgIpc) is 3.17. The maximum absolute atomic E-state index is 13.5. The fourth-order valence-electron chi connectivity index (χ4n) is 5.53. The molecule has 5 rings (SSSR count). The van der Waals surface area contributed by atoms with Crippen molar-refractivity contribution < 1.29 is 37.0 Å². The number of ether oxygens (including phenoxy) is 4. The first-order valence-electron chi connectivity index (χ1n) is 17.0. The molecule has 12 heteroatoms. The summed E-state index contributed by atoms with van der Waals surface area (Å²) in [5.74, 6) is 0.635. The summed E-state index contributed by atoms with van der Waals surface area (Å²) < 4.78 is 52.3.